The van der Waals surface area contributed by atoms with Gasteiger partial charge in [0.1, 0.15) is 0 Å². The lowest BCUT2D eigenvalue weighted by Gasteiger charge is -2.22. The molecule has 1 aliphatic rings. The molecule has 0 aromatic heterocycles. The van der Waals surface area contributed by atoms with Crippen molar-refractivity contribution in [1.82, 2.24) is 0 Å². The number of carbonyl (C=O) groups is 1. The lowest BCUT2D eigenvalue weighted by molar-refractivity contribution is -0.114. The lowest BCUT2D eigenvalue weighted by Crippen LogP contribution is -2.21. The van der Waals surface area contributed by atoms with Crippen LogP contribution in [0.4, 0.5) is 0 Å². The van der Waals surface area contributed by atoms with Crippen LogP contribution in [-0.4, -0.2) is 5.12 Å². The number of rotatable bonds is 2. The highest BCUT2D eigenvalue weighted by molar-refractivity contribution is 8.13. The first-order valence-electron chi connectivity index (χ1n) is 6.26. The Labute approximate surface area is 122 Å². The maximum absolute atomic E-state index is 12.2. The Kier molecular flexibility index (Phi) is 3.63. The van der Waals surface area contributed by atoms with Crippen LogP contribution in [0.1, 0.15) is 11.1 Å². The predicted octanol–water partition coefficient (Wildman–Crippen LogP) is 4.37. The molecule has 0 bridgehead atoms. The van der Waals surface area contributed by atoms with E-state index in [-0.39, 0.29) is 11.0 Å². The topological polar surface area (TPSA) is 17.1 Å². The van der Waals surface area contributed by atoms with Gasteiger partial charge in [-0.25, -0.2) is 0 Å². The van der Waals surface area contributed by atoms with Crippen LogP contribution in [0.2, 0.25) is 5.02 Å². The molecular weight excluding hydrogens is 276 g/mol. The first-order valence-corrected chi connectivity index (χ1v) is 7.46. The van der Waals surface area contributed by atoms with Crippen molar-refractivity contribution in [2.45, 2.75) is 17.7 Å². The third-order valence-corrected chi connectivity index (χ3v) is 4.75. The molecule has 0 aliphatic carbocycles. The molecule has 0 N–H and O–H groups in total. The molecule has 0 fully saturated rings. The maximum atomic E-state index is 12.2. The van der Waals surface area contributed by atoms with Crippen molar-refractivity contribution >= 4 is 28.5 Å². The van der Waals surface area contributed by atoms with Gasteiger partial charge in [-0.15, -0.1) is 0 Å². The van der Waals surface area contributed by atoms with Crippen LogP contribution in [0.15, 0.2) is 53.4 Å². The second-order valence-electron chi connectivity index (χ2n) is 4.76. The number of hydrogen-bond donors (Lipinski definition) is 0. The fourth-order valence-corrected chi connectivity index (χ4v) is 3.56. The molecule has 1 aliphatic heterocycles. The van der Waals surface area contributed by atoms with Crippen LogP contribution < -0.4 is 0 Å². The third-order valence-electron chi connectivity index (χ3n) is 3.36. The van der Waals surface area contributed by atoms with Gasteiger partial charge >= 0.3 is 0 Å². The number of hydrogen-bond acceptors (Lipinski definition) is 2. The standard InChI is InChI=1S/C16H13ClOS/c17-14-6-7-15-12(10-14)9-13(16(18)19-15)8-11-4-2-1-3-5-11/h1-7,10,13H,8-9H2. The van der Waals surface area contributed by atoms with E-state index in [4.69, 9.17) is 11.6 Å². The summed E-state index contributed by atoms with van der Waals surface area (Å²) in [6.45, 7) is 0. The summed E-state index contributed by atoms with van der Waals surface area (Å²) in [5, 5.41) is 1.01. The molecular formula is C16H13ClOS. The lowest BCUT2D eigenvalue weighted by atomic mass is 9.93. The minimum absolute atomic E-state index is 0.0540. The molecule has 2 aromatic carbocycles. The van der Waals surface area contributed by atoms with E-state index in [0.717, 1.165) is 22.8 Å². The fraction of sp³-hybridized carbons (Fsp3) is 0.188. The number of fused-ring (bicyclic) bond motifs is 1. The van der Waals surface area contributed by atoms with Crippen LogP contribution in [0, 0.1) is 5.92 Å². The highest BCUT2D eigenvalue weighted by Crippen LogP contribution is 2.36. The molecule has 0 amide bonds. The maximum Gasteiger partial charge on any atom is 0.197 e. The zero-order valence-electron chi connectivity index (χ0n) is 10.3. The normalized spacial score (nSPS) is 18.2. The minimum atomic E-state index is 0.0540. The molecule has 2 aromatic rings. The van der Waals surface area contributed by atoms with Gasteiger partial charge in [-0.05, 0) is 42.2 Å². The number of benzene rings is 2. The first-order chi connectivity index (χ1) is 9.22. The summed E-state index contributed by atoms with van der Waals surface area (Å²) in [5.74, 6) is 0.0540. The Hall–Kier alpha value is -1.25. The Morgan fingerprint density at radius 2 is 1.95 bits per heavy atom. The molecule has 0 radical (unpaired) electrons. The summed E-state index contributed by atoms with van der Waals surface area (Å²) in [7, 11) is 0. The van der Waals surface area contributed by atoms with Gasteiger partial charge in [0.15, 0.2) is 5.12 Å². The van der Waals surface area contributed by atoms with E-state index in [2.05, 4.69) is 12.1 Å². The third kappa shape index (κ3) is 2.85. The number of thioether (sulfide) groups is 1. The largest absolute Gasteiger partial charge is 0.287 e. The Bertz CT molecular complexity index is 609. The smallest absolute Gasteiger partial charge is 0.197 e. The highest BCUT2D eigenvalue weighted by Gasteiger charge is 2.27. The van der Waals surface area contributed by atoms with Crippen molar-refractivity contribution < 1.29 is 4.79 Å². The number of carbonyl (C=O) groups excluding carboxylic acids is 1. The highest BCUT2D eigenvalue weighted by atomic mass is 35.5. The van der Waals surface area contributed by atoms with E-state index >= 15 is 0 Å². The summed E-state index contributed by atoms with van der Waals surface area (Å²) in [5.41, 5.74) is 2.41. The van der Waals surface area contributed by atoms with E-state index in [0.29, 0.717) is 0 Å². The van der Waals surface area contributed by atoms with Crippen LogP contribution in [0.25, 0.3) is 0 Å². The number of halogens is 1. The van der Waals surface area contributed by atoms with Gasteiger partial charge in [0.2, 0.25) is 0 Å². The van der Waals surface area contributed by atoms with Gasteiger partial charge in [-0.2, -0.15) is 0 Å². The molecule has 96 valence electrons. The zero-order valence-corrected chi connectivity index (χ0v) is 11.9. The van der Waals surface area contributed by atoms with Crippen LogP contribution in [0.3, 0.4) is 0 Å². The van der Waals surface area contributed by atoms with Crippen molar-refractivity contribution in [1.29, 1.82) is 0 Å². The molecule has 3 heteroatoms. The van der Waals surface area contributed by atoms with Crippen LogP contribution in [0.5, 0.6) is 0 Å². The van der Waals surface area contributed by atoms with Crippen LogP contribution >= 0.6 is 23.4 Å². The molecule has 19 heavy (non-hydrogen) atoms. The molecule has 1 atom stereocenters. The minimum Gasteiger partial charge on any atom is -0.287 e. The Morgan fingerprint density at radius 1 is 1.16 bits per heavy atom. The van der Waals surface area contributed by atoms with Gasteiger partial charge in [0.05, 0.1) is 0 Å². The molecule has 0 saturated heterocycles. The second kappa shape index (κ2) is 5.40. The second-order valence-corrected chi connectivity index (χ2v) is 6.25. The monoisotopic (exact) mass is 288 g/mol. The van der Waals surface area contributed by atoms with Gasteiger partial charge < -0.3 is 0 Å². The first kappa shape index (κ1) is 12.8. The summed E-state index contributed by atoms with van der Waals surface area (Å²) in [6, 6.07) is 15.9. The van der Waals surface area contributed by atoms with Gasteiger partial charge in [-0.1, -0.05) is 53.7 Å². The molecule has 1 unspecified atom stereocenters. The van der Waals surface area contributed by atoms with E-state index in [1.807, 2.05) is 36.4 Å². The van der Waals surface area contributed by atoms with E-state index in [1.54, 1.807) is 0 Å². The molecule has 3 rings (SSSR count). The van der Waals surface area contributed by atoms with Crippen LogP contribution in [-0.2, 0) is 17.6 Å². The fourth-order valence-electron chi connectivity index (χ4n) is 2.40. The molecule has 1 nitrogen and oxygen atoms in total. The van der Waals surface area contributed by atoms with Crippen molar-refractivity contribution in [3.63, 3.8) is 0 Å². The Morgan fingerprint density at radius 3 is 2.74 bits per heavy atom. The van der Waals surface area contributed by atoms with Crippen molar-refractivity contribution in [3.05, 3.63) is 64.7 Å². The molecule has 0 saturated carbocycles. The van der Waals surface area contributed by atoms with Crippen molar-refractivity contribution in [2.75, 3.05) is 0 Å². The average Bonchev–Trinajstić information content (AvgIpc) is 2.41. The summed E-state index contributed by atoms with van der Waals surface area (Å²) >= 11 is 7.38. The van der Waals surface area contributed by atoms with Gasteiger partial charge in [-0.3, -0.25) is 4.79 Å². The van der Waals surface area contributed by atoms with E-state index in [1.165, 1.54) is 22.9 Å². The average molecular weight is 289 g/mol. The van der Waals surface area contributed by atoms with Gasteiger partial charge in [0, 0.05) is 15.8 Å². The van der Waals surface area contributed by atoms with Gasteiger partial charge in [0.25, 0.3) is 0 Å². The van der Waals surface area contributed by atoms with Crippen molar-refractivity contribution in [2.24, 2.45) is 5.92 Å². The quantitative estimate of drug-likeness (QED) is 0.816. The van der Waals surface area contributed by atoms with E-state index < -0.39 is 0 Å². The summed E-state index contributed by atoms with van der Waals surface area (Å²) in [6.07, 6.45) is 1.59. The summed E-state index contributed by atoms with van der Waals surface area (Å²) < 4.78 is 0. The Balaban J connectivity index is 1.83. The summed E-state index contributed by atoms with van der Waals surface area (Å²) in [4.78, 5) is 13.2. The predicted molar refractivity (Wildman–Crippen MR) is 79.7 cm³/mol. The molecule has 1 heterocycles. The van der Waals surface area contributed by atoms with Crippen molar-refractivity contribution in [3.8, 4) is 0 Å². The van der Waals surface area contributed by atoms with E-state index in [9.17, 15) is 4.79 Å². The molecule has 0 spiro atoms. The SMILES string of the molecule is O=C1Sc2ccc(Cl)cc2CC1Cc1ccccc1. The zero-order chi connectivity index (χ0) is 13.2.